The Morgan fingerprint density at radius 3 is 2.36 bits per heavy atom. The van der Waals surface area contributed by atoms with Crippen molar-refractivity contribution in [3.63, 3.8) is 0 Å². The highest BCUT2D eigenvalue weighted by atomic mass is 16.5. The lowest BCUT2D eigenvalue weighted by Crippen LogP contribution is -2.44. The van der Waals surface area contributed by atoms with E-state index in [0.29, 0.717) is 31.2 Å². The summed E-state index contributed by atoms with van der Waals surface area (Å²) in [5.74, 6) is 0.665. The van der Waals surface area contributed by atoms with Crippen molar-refractivity contribution < 1.29 is 9.53 Å². The highest BCUT2D eigenvalue weighted by Gasteiger charge is 2.23. The van der Waals surface area contributed by atoms with E-state index in [-0.39, 0.29) is 6.03 Å². The van der Waals surface area contributed by atoms with Gasteiger partial charge in [-0.15, -0.1) is 0 Å². The van der Waals surface area contributed by atoms with E-state index in [1.54, 1.807) is 0 Å². The molecule has 4 nitrogen and oxygen atoms in total. The second-order valence-corrected chi connectivity index (χ2v) is 7.16. The Labute approximate surface area is 136 Å². The van der Waals surface area contributed by atoms with E-state index in [1.165, 1.54) is 51.4 Å². The van der Waals surface area contributed by atoms with Gasteiger partial charge in [-0.2, -0.15) is 0 Å². The molecule has 0 spiro atoms. The summed E-state index contributed by atoms with van der Waals surface area (Å²) in [6.45, 7) is 3.54. The van der Waals surface area contributed by atoms with E-state index in [2.05, 4.69) is 12.2 Å². The Kier molecular flexibility index (Phi) is 7.50. The molecular weight excluding hydrogens is 276 g/mol. The molecule has 2 saturated carbocycles. The van der Waals surface area contributed by atoms with E-state index < -0.39 is 0 Å². The molecule has 4 heteroatoms. The minimum absolute atomic E-state index is 0.0622. The zero-order chi connectivity index (χ0) is 15.8. The zero-order valence-corrected chi connectivity index (χ0v) is 14.5. The van der Waals surface area contributed by atoms with Gasteiger partial charge >= 0.3 is 6.03 Å². The maximum atomic E-state index is 12.2. The first-order valence-corrected chi connectivity index (χ1v) is 9.30. The topological polar surface area (TPSA) is 41.6 Å². The number of hydrogen-bond donors (Lipinski definition) is 1. The Morgan fingerprint density at radius 1 is 1.05 bits per heavy atom. The number of nitrogens with one attached hydrogen (secondary N) is 1. The summed E-state index contributed by atoms with van der Waals surface area (Å²) in [6.07, 6.45) is 12.9. The minimum atomic E-state index is 0.0622. The van der Waals surface area contributed by atoms with Crippen molar-refractivity contribution in [2.75, 3.05) is 20.2 Å². The second kappa shape index (κ2) is 9.39. The van der Waals surface area contributed by atoms with Gasteiger partial charge in [0.2, 0.25) is 0 Å². The van der Waals surface area contributed by atoms with E-state index in [4.69, 9.17) is 4.74 Å². The van der Waals surface area contributed by atoms with Crippen molar-refractivity contribution in [2.24, 2.45) is 5.92 Å². The van der Waals surface area contributed by atoms with Crippen molar-refractivity contribution in [1.29, 1.82) is 0 Å². The van der Waals surface area contributed by atoms with Crippen LogP contribution in [0.1, 0.15) is 71.1 Å². The van der Waals surface area contributed by atoms with E-state index in [1.807, 2.05) is 11.9 Å². The predicted molar refractivity (Wildman–Crippen MR) is 90.0 cm³/mol. The van der Waals surface area contributed by atoms with Gasteiger partial charge in [-0.25, -0.2) is 4.79 Å². The van der Waals surface area contributed by atoms with Crippen molar-refractivity contribution in [3.8, 4) is 0 Å². The van der Waals surface area contributed by atoms with Gasteiger partial charge in [-0.05, 0) is 31.6 Å². The third-order valence-corrected chi connectivity index (χ3v) is 5.44. The smallest absolute Gasteiger partial charge is 0.317 e. The number of rotatable bonds is 5. The van der Waals surface area contributed by atoms with E-state index >= 15 is 0 Å². The average Bonchev–Trinajstić information content (AvgIpc) is 2.81. The molecule has 2 aliphatic carbocycles. The molecule has 2 fully saturated rings. The number of amides is 2. The highest BCUT2D eigenvalue weighted by molar-refractivity contribution is 5.74. The standard InChI is InChI=1S/C18H34N2O2/c1-15-9-7-8-12-17(15)22-14-13-19-18(21)20(2)16-10-5-3-4-6-11-16/h15-17H,3-14H2,1-2H3,(H,19,21). The monoisotopic (exact) mass is 310 g/mol. The fraction of sp³-hybridized carbons (Fsp3) is 0.944. The molecule has 0 aromatic heterocycles. The summed E-state index contributed by atoms with van der Waals surface area (Å²) in [5, 5.41) is 3.02. The van der Waals surface area contributed by atoms with Crippen LogP contribution in [0.2, 0.25) is 0 Å². The first kappa shape index (κ1) is 17.6. The summed E-state index contributed by atoms with van der Waals surface area (Å²) >= 11 is 0. The van der Waals surface area contributed by atoms with Crippen LogP contribution in [0.3, 0.4) is 0 Å². The van der Waals surface area contributed by atoms with Crippen LogP contribution >= 0.6 is 0 Å². The molecule has 0 radical (unpaired) electrons. The Morgan fingerprint density at radius 2 is 1.68 bits per heavy atom. The second-order valence-electron chi connectivity index (χ2n) is 7.16. The van der Waals surface area contributed by atoms with Crippen LogP contribution in [0.25, 0.3) is 0 Å². The molecule has 0 aliphatic heterocycles. The van der Waals surface area contributed by atoms with Gasteiger partial charge in [0.15, 0.2) is 0 Å². The van der Waals surface area contributed by atoms with Crippen LogP contribution < -0.4 is 5.32 Å². The van der Waals surface area contributed by atoms with Gasteiger partial charge in [0.1, 0.15) is 0 Å². The zero-order valence-electron chi connectivity index (χ0n) is 14.5. The SMILES string of the molecule is CC1CCCCC1OCCNC(=O)N(C)C1CCCCCC1. The summed E-state index contributed by atoms with van der Waals surface area (Å²) in [6, 6.07) is 0.481. The molecule has 128 valence electrons. The normalized spacial score (nSPS) is 27.2. The van der Waals surface area contributed by atoms with Gasteiger partial charge in [-0.3, -0.25) is 0 Å². The first-order chi connectivity index (χ1) is 10.7. The minimum Gasteiger partial charge on any atom is -0.376 e. The lowest BCUT2D eigenvalue weighted by Gasteiger charge is -2.29. The van der Waals surface area contributed by atoms with Gasteiger partial charge in [0.05, 0.1) is 12.7 Å². The fourth-order valence-corrected chi connectivity index (χ4v) is 3.83. The predicted octanol–water partition coefficient (Wildman–Crippen LogP) is 3.95. The van der Waals surface area contributed by atoms with Crippen LogP contribution in [-0.4, -0.2) is 43.3 Å². The Hall–Kier alpha value is -0.770. The average molecular weight is 310 g/mol. The Bertz CT molecular complexity index is 327. The van der Waals surface area contributed by atoms with E-state index in [0.717, 1.165) is 12.8 Å². The molecule has 2 atom stereocenters. The van der Waals surface area contributed by atoms with Crippen LogP contribution in [-0.2, 0) is 4.74 Å². The lowest BCUT2D eigenvalue weighted by molar-refractivity contribution is -0.00276. The highest BCUT2D eigenvalue weighted by Crippen LogP contribution is 2.26. The van der Waals surface area contributed by atoms with Crippen molar-refractivity contribution in [1.82, 2.24) is 10.2 Å². The van der Waals surface area contributed by atoms with E-state index in [9.17, 15) is 4.79 Å². The quantitative estimate of drug-likeness (QED) is 0.617. The third-order valence-electron chi connectivity index (χ3n) is 5.44. The number of nitrogens with zero attached hydrogens (tertiary/aromatic N) is 1. The maximum absolute atomic E-state index is 12.2. The molecule has 2 amide bonds. The molecule has 0 bridgehead atoms. The van der Waals surface area contributed by atoms with Gasteiger partial charge < -0.3 is 15.0 Å². The van der Waals surface area contributed by atoms with Crippen LogP contribution in [0.15, 0.2) is 0 Å². The lowest BCUT2D eigenvalue weighted by atomic mass is 9.88. The number of carbonyl (C=O) groups is 1. The number of ether oxygens (including phenoxy) is 1. The summed E-state index contributed by atoms with van der Waals surface area (Å²) in [4.78, 5) is 14.1. The molecule has 22 heavy (non-hydrogen) atoms. The molecule has 2 rings (SSSR count). The summed E-state index contributed by atoms with van der Waals surface area (Å²) < 4.78 is 5.96. The molecule has 2 unspecified atom stereocenters. The van der Waals surface area contributed by atoms with Crippen LogP contribution in [0, 0.1) is 5.92 Å². The molecule has 1 N–H and O–H groups in total. The molecular formula is C18H34N2O2. The third kappa shape index (κ3) is 5.45. The van der Waals surface area contributed by atoms with Gasteiger partial charge in [0.25, 0.3) is 0 Å². The fourth-order valence-electron chi connectivity index (χ4n) is 3.83. The Balaban J connectivity index is 1.62. The molecule has 0 aromatic rings. The van der Waals surface area contributed by atoms with Gasteiger partial charge in [0, 0.05) is 19.6 Å². The number of hydrogen-bond acceptors (Lipinski definition) is 2. The van der Waals surface area contributed by atoms with Crippen LogP contribution in [0.5, 0.6) is 0 Å². The van der Waals surface area contributed by atoms with Crippen LogP contribution in [0.4, 0.5) is 4.79 Å². The van der Waals surface area contributed by atoms with Gasteiger partial charge in [-0.1, -0.05) is 45.4 Å². The first-order valence-electron chi connectivity index (χ1n) is 9.30. The van der Waals surface area contributed by atoms with Crippen molar-refractivity contribution in [3.05, 3.63) is 0 Å². The molecule has 0 heterocycles. The number of urea groups is 1. The maximum Gasteiger partial charge on any atom is 0.317 e. The number of carbonyl (C=O) groups excluding carboxylic acids is 1. The van der Waals surface area contributed by atoms with Crippen molar-refractivity contribution >= 4 is 6.03 Å². The molecule has 0 aromatic carbocycles. The molecule has 2 aliphatic rings. The summed E-state index contributed by atoms with van der Waals surface area (Å²) in [7, 11) is 1.94. The largest absolute Gasteiger partial charge is 0.376 e. The molecule has 0 saturated heterocycles. The van der Waals surface area contributed by atoms with Crippen molar-refractivity contribution in [2.45, 2.75) is 83.3 Å². The summed E-state index contributed by atoms with van der Waals surface area (Å²) in [5.41, 5.74) is 0.